The number of rotatable bonds is 8. The first-order valence-electron chi connectivity index (χ1n) is 11.3. The predicted molar refractivity (Wildman–Crippen MR) is 123 cm³/mol. The molecule has 4 heteroatoms. The largest absolute Gasteiger partial charge is 0.423 e. The molecule has 0 aliphatic heterocycles. The van der Waals surface area contributed by atoms with Crippen LogP contribution in [0, 0.1) is 17.1 Å². The van der Waals surface area contributed by atoms with Crippen molar-refractivity contribution in [3.05, 3.63) is 88.2 Å². The molecule has 0 amide bonds. The van der Waals surface area contributed by atoms with Crippen LogP contribution in [0.3, 0.4) is 0 Å². The molecule has 3 nitrogen and oxygen atoms in total. The number of nitriles is 1. The Morgan fingerprint density at radius 1 is 1.00 bits per heavy atom. The van der Waals surface area contributed by atoms with Crippen LogP contribution >= 0.6 is 0 Å². The molecule has 1 aliphatic rings. The number of nitrogens with zero attached hydrogens (tertiary/aromatic N) is 1. The number of aryl methyl sites for hydroxylation is 1. The zero-order valence-electron chi connectivity index (χ0n) is 18.3. The van der Waals surface area contributed by atoms with E-state index < -0.39 is 11.8 Å². The normalized spacial score (nSPS) is 11.5. The number of hydrogen-bond acceptors (Lipinski definition) is 3. The van der Waals surface area contributed by atoms with E-state index in [2.05, 4.69) is 25.1 Å². The average Bonchev–Trinajstić information content (AvgIpc) is 3.18. The SMILES string of the molecule is CCCCCCCc1ccc2c(c1)Cc1c-2ccc(C(=O)Oc2ccc(C#N)cc2)c1F. The van der Waals surface area contributed by atoms with Gasteiger partial charge in [0.25, 0.3) is 0 Å². The van der Waals surface area contributed by atoms with Crippen LogP contribution in [0.5, 0.6) is 5.75 Å². The lowest BCUT2D eigenvalue weighted by atomic mass is 9.99. The van der Waals surface area contributed by atoms with Crippen molar-refractivity contribution in [1.82, 2.24) is 0 Å². The number of unbranched alkanes of at least 4 members (excludes halogenated alkanes) is 4. The first-order valence-corrected chi connectivity index (χ1v) is 11.3. The van der Waals surface area contributed by atoms with E-state index >= 15 is 4.39 Å². The number of hydrogen-bond donors (Lipinski definition) is 0. The molecule has 0 spiro atoms. The molecule has 0 bridgehead atoms. The van der Waals surface area contributed by atoms with Crippen molar-refractivity contribution < 1.29 is 13.9 Å². The molecule has 0 heterocycles. The van der Waals surface area contributed by atoms with Crippen LogP contribution in [0.15, 0.2) is 54.6 Å². The van der Waals surface area contributed by atoms with Gasteiger partial charge >= 0.3 is 5.97 Å². The maximum atomic E-state index is 15.3. The summed E-state index contributed by atoms with van der Waals surface area (Å²) in [5, 5.41) is 8.87. The van der Waals surface area contributed by atoms with Crippen LogP contribution in [0.1, 0.15) is 71.6 Å². The highest BCUT2D eigenvalue weighted by molar-refractivity contribution is 5.93. The summed E-state index contributed by atoms with van der Waals surface area (Å²) in [6.07, 6.45) is 7.74. The molecular formula is C28H26FNO2. The first-order chi connectivity index (χ1) is 15.6. The summed E-state index contributed by atoms with van der Waals surface area (Å²) in [6, 6.07) is 17.9. The molecule has 1 aliphatic carbocycles. The molecule has 3 aromatic carbocycles. The molecule has 0 radical (unpaired) electrons. The van der Waals surface area contributed by atoms with Crippen molar-refractivity contribution in [3.8, 4) is 22.9 Å². The fraction of sp³-hybridized carbons (Fsp3) is 0.286. The van der Waals surface area contributed by atoms with Gasteiger partial charge in [-0.25, -0.2) is 9.18 Å². The monoisotopic (exact) mass is 427 g/mol. The molecule has 3 aromatic rings. The summed E-state index contributed by atoms with van der Waals surface area (Å²) in [6.45, 7) is 2.22. The molecule has 0 N–H and O–H groups in total. The summed E-state index contributed by atoms with van der Waals surface area (Å²) < 4.78 is 20.6. The van der Waals surface area contributed by atoms with Crippen molar-refractivity contribution in [2.75, 3.05) is 0 Å². The van der Waals surface area contributed by atoms with E-state index in [0.29, 0.717) is 17.5 Å². The minimum atomic E-state index is -0.737. The molecule has 32 heavy (non-hydrogen) atoms. The summed E-state index contributed by atoms with van der Waals surface area (Å²) >= 11 is 0. The summed E-state index contributed by atoms with van der Waals surface area (Å²) in [4.78, 5) is 12.6. The molecule has 0 unspecified atom stereocenters. The minimum Gasteiger partial charge on any atom is -0.423 e. The van der Waals surface area contributed by atoms with Crippen LogP contribution < -0.4 is 4.74 Å². The van der Waals surface area contributed by atoms with Gasteiger partial charge in [0.05, 0.1) is 17.2 Å². The van der Waals surface area contributed by atoms with Crippen molar-refractivity contribution in [1.29, 1.82) is 5.26 Å². The molecule has 0 aromatic heterocycles. The maximum Gasteiger partial charge on any atom is 0.346 e. The smallest absolute Gasteiger partial charge is 0.346 e. The van der Waals surface area contributed by atoms with E-state index in [1.807, 2.05) is 12.1 Å². The van der Waals surface area contributed by atoms with Crippen LogP contribution in [0.4, 0.5) is 4.39 Å². The molecule has 4 rings (SSSR count). The number of carbonyl (C=O) groups is 1. The van der Waals surface area contributed by atoms with Crippen LogP contribution in [-0.4, -0.2) is 5.97 Å². The lowest BCUT2D eigenvalue weighted by molar-refractivity contribution is 0.0729. The fourth-order valence-corrected chi connectivity index (χ4v) is 4.30. The number of halogens is 1. The lowest BCUT2D eigenvalue weighted by Crippen LogP contribution is -2.12. The van der Waals surface area contributed by atoms with Gasteiger partial charge < -0.3 is 4.74 Å². The second-order valence-electron chi connectivity index (χ2n) is 8.31. The average molecular weight is 428 g/mol. The van der Waals surface area contributed by atoms with Gasteiger partial charge in [0, 0.05) is 12.0 Å². The third kappa shape index (κ3) is 4.57. The van der Waals surface area contributed by atoms with Crippen molar-refractivity contribution >= 4 is 5.97 Å². The highest BCUT2D eigenvalue weighted by Crippen LogP contribution is 2.39. The molecule has 0 atom stereocenters. The van der Waals surface area contributed by atoms with Gasteiger partial charge in [0.15, 0.2) is 0 Å². The Bertz CT molecular complexity index is 1180. The van der Waals surface area contributed by atoms with E-state index in [9.17, 15) is 4.79 Å². The molecule has 0 saturated heterocycles. The van der Waals surface area contributed by atoms with Crippen molar-refractivity contribution in [3.63, 3.8) is 0 Å². The summed E-state index contributed by atoms with van der Waals surface area (Å²) in [5.41, 5.74) is 5.23. The Morgan fingerprint density at radius 3 is 2.50 bits per heavy atom. The molecule has 162 valence electrons. The van der Waals surface area contributed by atoms with E-state index in [1.165, 1.54) is 55.9 Å². The quantitative estimate of drug-likeness (QED) is 0.173. The zero-order valence-corrected chi connectivity index (χ0v) is 18.3. The first kappa shape index (κ1) is 21.8. The van der Waals surface area contributed by atoms with Gasteiger partial charge in [0.2, 0.25) is 0 Å². The highest BCUT2D eigenvalue weighted by Gasteiger charge is 2.26. The van der Waals surface area contributed by atoms with Crippen molar-refractivity contribution in [2.45, 2.75) is 51.9 Å². The Kier molecular flexibility index (Phi) is 6.66. The number of carbonyl (C=O) groups excluding carboxylic acids is 1. The third-order valence-electron chi connectivity index (χ3n) is 6.05. The maximum absolute atomic E-state index is 15.3. The standard InChI is InChI=1S/C28H26FNO2/c1-2-3-4-5-6-7-19-10-13-23-21(16-19)17-26-24(23)14-15-25(27(26)29)28(31)32-22-11-8-20(18-30)9-12-22/h8-16H,2-7,17H2,1H3. The zero-order chi connectivity index (χ0) is 22.5. The lowest BCUT2D eigenvalue weighted by Gasteiger charge is -2.09. The van der Waals surface area contributed by atoms with E-state index in [0.717, 1.165) is 23.1 Å². The van der Waals surface area contributed by atoms with Gasteiger partial charge in [-0.15, -0.1) is 0 Å². The Hall–Kier alpha value is -3.45. The van der Waals surface area contributed by atoms with Gasteiger partial charge in [-0.05, 0) is 65.4 Å². The van der Waals surface area contributed by atoms with Gasteiger partial charge in [-0.2, -0.15) is 5.26 Å². The molecular weight excluding hydrogens is 401 g/mol. The number of esters is 1. The van der Waals surface area contributed by atoms with Crippen LogP contribution in [0.25, 0.3) is 11.1 Å². The molecule has 0 fully saturated rings. The third-order valence-corrected chi connectivity index (χ3v) is 6.05. The van der Waals surface area contributed by atoms with Crippen LogP contribution in [0.2, 0.25) is 0 Å². The number of ether oxygens (including phenoxy) is 1. The van der Waals surface area contributed by atoms with E-state index in [1.54, 1.807) is 12.1 Å². The van der Waals surface area contributed by atoms with Crippen molar-refractivity contribution in [2.24, 2.45) is 0 Å². The summed E-state index contributed by atoms with van der Waals surface area (Å²) in [5.74, 6) is -0.974. The van der Waals surface area contributed by atoms with Gasteiger partial charge in [-0.3, -0.25) is 0 Å². The predicted octanol–water partition coefficient (Wildman–Crippen LogP) is 7.00. The fourth-order valence-electron chi connectivity index (χ4n) is 4.30. The van der Waals surface area contributed by atoms with Crippen LogP contribution in [-0.2, 0) is 12.8 Å². The Balaban J connectivity index is 1.48. The number of fused-ring (bicyclic) bond motifs is 3. The molecule has 0 saturated carbocycles. The Morgan fingerprint density at radius 2 is 1.75 bits per heavy atom. The Labute approximate surface area is 188 Å². The van der Waals surface area contributed by atoms with Gasteiger partial charge in [-0.1, -0.05) is 56.9 Å². The summed E-state index contributed by atoms with van der Waals surface area (Å²) in [7, 11) is 0. The van der Waals surface area contributed by atoms with E-state index in [4.69, 9.17) is 10.00 Å². The second-order valence-corrected chi connectivity index (χ2v) is 8.31. The number of benzene rings is 3. The topological polar surface area (TPSA) is 50.1 Å². The van der Waals surface area contributed by atoms with Gasteiger partial charge in [0.1, 0.15) is 11.6 Å². The minimum absolute atomic E-state index is 0.0722. The second kappa shape index (κ2) is 9.78. The van der Waals surface area contributed by atoms with E-state index in [-0.39, 0.29) is 11.3 Å². The highest BCUT2D eigenvalue weighted by atomic mass is 19.1.